The molecule has 0 aliphatic rings. The molecule has 0 unspecified atom stereocenters. The number of nitrogen functional groups attached to an aromatic ring is 1. The Bertz CT molecular complexity index is 1110. The number of non-ortho nitro benzene ring substituents is 1. The highest BCUT2D eigenvalue weighted by Crippen LogP contribution is 2.29. The van der Waals surface area contributed by atoms with Crippen LogP contribution >= 0.6 is 11.6 Å². The topological polar surface area (TPSA) is 163 Å². The first-order valence-corrected chi connectivity index (χ1v) is 9.93. The Morgan fingerprint density at radius 3 is 2.62 bits per heavy atom. The molecule has 174 valence electrons. The monoisotopic (exact) mass is 469 g/mol. The van der Waals surface area contributed by atoms with Gasteiger partial charge in [-0.15, -0.1) is 0 Å². The zero-order valence-electron chi connectivity index (χ0n) is 17.8. The lowest BCUT2D eigenvalue weighted by Crippen LogP contribution is -2.44. The van der Waals surface area contributed by atoms with Gasteiger partial charge in [-0.2, -0.15) is 0 Å². The van der Waals surface area contributed by atoms with Crippen molar-refractivity contribution in [2.45, 2.75) is 20.4 Å². The molecule has 13 heteroatoms. The van der Waals surface area contributed by atoms with E-state index in [0.717, 1.165) is 11.0 Å². The highest BCUT2D eigenvalue weighted by molar-refractivity contribution is 6.32. The third kappa shape index (κ3) is 5.86. The average Bonchev–Trinajstić information content (AvgIpc) is 2.71. The third-order valence-electron chi connectivity index (χ3n) is 4.33. The molecule has 32 heavy (non-hydrogen) atoms. The molecule has 3 N–H and O–H groups in total. The number of hydrogen-bond acceptors (Lipinski definition) is 8. The van der Waals surface area contributed by atoms with Crippen molar-refractivity contribution in [2.75, 3.05) is 37.5 Å². The van der Waals surface area contributed by atoms with Crippen molar-refractivity contribution in [3.8, 4) is 5.75 Å². The number of nitrogens with one attached hydrogen (secondary N) is 1. The minimum Gasteiger partial charge on any atom is -0.482 e. The molecule has 0 aliphatic heterocycles. The van der Waals surface area contributed by atoms with E-state index in [0.29, 0.717) is 0 Å². The van der Waals surface area contributed by atoms with Crippen LogP contribution in [0.3, 0.4) is 0 Å². The van der Waals surface area contributed by atoms with Crippen LogP contribution in [-0.4, -0.2) is 47.2 Å². The summed E-state index contributed by atoms with van der Waals surface area (Å²) >= 11 is 5.99. The molecule has 0 radical (unpaired) electrons. The number of nitro benzene ring substituents is 1. The fraction of sp³-hybridized carbons (Fsp3) is 0.421. The molecule has 2 aromatic rings. The van der Waals surface area contributed by atoms with Crippen molar-refractivity contribution in [3.63, 3.8) is 0 Å². The van der Waals surface area contributed by atoms with Crippen LogP contribution in [0.5, 0.6) is 5.75 Å². The number of halogens is 1. The molecule has 1 heterocycles. The Morgan fingerprint density at radius 2 is 2.06 bits per heavy atom. The highest BCUT2D eigenvalue weighted by Gasteiger charge is 2.25. The SMILES string of the molecule is COCCN(C(=O)COc1ccc([N+](=O)[O-])cc1Cl)c1c(N)n(CC(C)C)c(=O)[nH]c1=O. The molecule has 0 fully saturated rings. The van der Waals surface area contributed by atoms with E-state index in [1.165, 1.54) is 23.8 Å². The summed E-state index contributed by atoms with van der Waals surface area (Å²) in [7, 11) is 1.42. The number of nitro groups is 1. The molecule has 0 aliphatic carbocycles. The van der Waals surface area contributed by atoms with Crippen LogP contribution in [-0.2, 0) is 16.1 Å². The van der Waals surface area contributed by atoms with Gasteiger partial charge in [-0.3, -0.25) is 34.2 Å². The zero-order chi connectivity index (χ0) is 24.0. The molecule has 2 rings (SSSR count). The highest BCUT2D eigenvalue weighted by atomic mass is 35.5. The van der Waals surface area contributed by atoms with Gasteiger partial charge in [0, 0.05) is 32.3 Å². The van der Waals surface area contributed by atoms with Crippen LogP contribution in [0.15, 0.2) is 27.8 Å². The van der Waals surface area contributed by atoms with Crippen molar-refractivity contribution >= 4 is 34.7 Å². The van der Waals surface area contributed by atoms with Gasteiger partial charge in [-0.25, -0.2) is 4.79 Å². The second kappa shape index (κ2) is 10.8. The largest absolute Gasteiger partial charge is 0.482 e. The number of amides is 1. The summed E-state index contributed by atoms with van der Waals surface area (Å²) in [5, 5.41) is 10.8. The normalized spacial score (nSPS) is 10.9. The number of hydrogen-bond donors (Lipinski definition) is 2. The first-order valence-electron chi connectivity index (χ1n) is 9.55. The van der Waals surface area contributed by atoms with E-state index in [-0.39, 0.29) is 53.6 Å². The average molecular weight is 470 g/mol. The molecule has 0 saturated carbocycles. The summed E-state index contributed by atoms with van der Waals surface area (Å²) in [5.74, 6) is -0.734. The van der Waals surface area contributed by atoms with Crippen molar-refractivity contribution in [3.05, 3.63) is 54.2 Å². The quantitative estimate of drug-likeness (QED) is 0.389. The number of benzene rings is 1. The van der Waals surface area contributed by atoms with Crippen LogP contribution in [0.4, 0.5) is 17.2 Å². The maximum absolute atomic E-state index is 12.9. The molecule has 0 atom stereocenters. The second-order valence-corrected chi connectivity index (χ2v) is 7.60. The van der Waals surface area contributed by atoms with Crippen molar-refractivity contribution in [2.24, 2.45) is 5.92 Å². The van der Waals surface area contributed by atoms with Gasteiger partial charge in [0.25, 0.3) is 17.2 Å². The molecule has 12 nitrogen and oxygen atoms in total. The van der Waals surface area contributed by atoms with Gasteiger partial charge < -0.3 is 15.2 Å². The standard InChI is InChI=1S/C19H24ClN5O7/c1-11(2)9-24-17(21)16(18(27)22-19(24)28)23(6-7-31-3)15(26)10-32-14-5-4-12(25(29)30)8-13(14)20/h4-5,8,11H,6-7,9-10,21H2,1-3H3,(H,22,27,28). The van der Waals surface area contributed by atoms with E-state index in [9.17, 15) is 24.5 Å². The number of carbonyl (C=O) groups is 1. The second-order valence-electron chi connectivity index (χ2n) is 7.20. The van der Waals surface area contributed by atoms with Crippen LogP contribution < -0.4 is 26.6 Å². The Hall–Kier alpha value is -3.38. The zero-order valence-corrected chi connectivity index (χ0v) is 18.5. The van der Waals surface area contributed by atoms with E-state index >= 15 is 0 Å². The van der Waals surface area contributed by atoms with Crippen LogP contribution in [0.1, 0.15) is 13.8 Å². The fourth-order valence-electron chi connectivity index (χ4n) is 2.87. The summed E-state index contributed by atoms with van der Waals surface area (Å²) < 4.78 is 11.6. The van der Waals surface area contributed by atoms with E-state index in [1.807, 2.05) is 13.8 Å². The van der Waals surface area contributed by atoms with Gasteiger partial charge in [0.2, 0.25) is 0 Å². The molecule has 1 aromatic carbocycles. The predicted octanol–water partition coefficient (Wildman–Crippen LogP) is 1.39. The first-order chi connectivity index (χ1) is 15.1. The van der Waals surface area contributed by atoms with Crippen molar-refractivity contribution in [1.82, 2.24) is 9.55 Å². The van der Waals surface area contributed by atoms with Gasteiger partial charge in [0.05, 0.1) is 16.6 Å². The van der Waals surface area contributed by atoms with Gasteiger partial charge in [0.15, 0.2) is 12.3 Å². The van der Waals surface area contributed by atoms with Gasteiger partial charge >= 0.3 is 5.69 Å². The van der Waals surface area contributed by atoms with E-state index in [4.69, 9.17) is 26.8 Å². The third-order valence-corrected chi connectivity index (χ3v) is 4.62. The summed E-state index contributed by atoms with van der Waals surface area (Å²) in [5.41, 5.74) is 4.15. The summed E-state index contributed by atoms with van der Waals surface area (Å²) in [6.45, 7) is 3.45. The number of aromatic nitrogens is 2. The summed E-state index contributed by atoms with van der Waals surface area (Å²) in [4.78, 5) is 51.1. The van der Waals surface area contributed by atoms with Crippen molar-refractivity contribution < 1.29 is 19.2 Å². The molecular weight excluding hydrogens is 446 g/mol. The number of H-pyrrole nitrogens is 1. The maximum Gasteiger partial charge on any atom is 0.330 e. The van der Waals surface area contributed by atoms with Crippen LogP contribution in [0.25, 0.3) is 0 Å². The molecule has 1 amide bonds. The van der Waals surface area contributed by atoms with E-state index in [1.54, 1.807) is 0 Å². The first kappa shape index (κ1) is 24.9. The fourth-order valence-corrected chi connectivity index (χ4v) is 3.10. The predicted molar refractivity (Wildman–Crippen MR) is 118 cm³/mol. The summed E-state index contributed by atoms with van der Waals surface area (Å²) in [6.07, 6.45) is 0. The molecule has 0 spiro atoms. The summed E-state index contributed by atoms with van der Waals surface area (Å²) in [6, 6.07) is 3.53. The maximum atomic E-state index is 12.9. The van der Waals surface area contributed by atoms with Gasteiger partial charge in [0.1, 0.15) is 11.6 Å². The van der Waals surface area contributed by atoms with E-state index < -0.39 is 28.7 Å². The molecule has 0 bridgehead atoms. The number of aromatic amines is 1. The van der Waals surface area contributed by atoms with Crippen LogP contribution in [0.2, 0.25) is 5.02 Å². The lowest BCUT2D eigenvalue weighted by molar-refractivity contribution is -0.384. The van der Waals surface area contributed by atoms with Crippen LogP contribution in [0, 0.1) is 16.0 Å². The number of anilines is 2. The van der Waals surface area contributed by atoms with E-state index in [2.05, 4.69) is 4.98 Å². The van der Waals surface area contributed by atoms with Gasteiger partial charge in [-0.1, -0.05) is 25.4 Å². The number of nitrogens with two attached hydrogens (primary N) is 1. The number of nitrogens with zero attached hydrogens (tertiary/aromatic N) is 3. The van der Waals surface area contributed by atoms with Gasteiger partial charge in [-0.05, 0) is 12.0 Å². The number of methoxy groups -OCH3 is 1. The number of ether oxygens (including phenoxy) is 2. The number of rotatable bonds is 10. The smallest absolute Gasteiger partial charge is 0.330 e. The minimum absolute atomic E-state index is 0.0418. The number of carbonyl (C=O) groups excluding carboxylic acids is 1. The Labute approximate surface area is 187 Å². The molecular formula is C19H24ClN5O7. The Balaban J connectivity index is 2.36. The molecule has 0 saturated heterocycles. The molecule has 1 aromatic heterocycles. The van der Waals surface area contributed by atoms with Crippen molar-refractivity contribution in [1.29, 1.82) is 0 Å². The Morgan fingerprint density at radius 1 is 1.38 bits per heavy atom. The lowest BCUT2D eigenvalue weighted by atomic mass is 10.2. The Kier molecular flexibility index (Phi) is 8.38. The lowest BCUT2D eigenvalue weighted by Gasteiger charge is -2.24. The minimum atomic E-state index is -0.828.